The van der Waals surface area contributed by atoms with Gasteiger partial charge in [0.15, 0.2) is 5.65 Å². The van der Waals surface area contributed by atoms with E-state index in [1.165, 1.54) is 23.7 Å². The van der Waals surface area contributed by atoms with E-state index in [1.54, 1.807) is 12.5 Å². The number of piperidine rings is 1. The third-order valence-corrected chi connectivity index (χ3v) is 5.94. The highest BCUT2D eigenvalue weighted by Crippen LogP contribution is 2.26. The Kier molecular flexibility index (Phi) is 5.11. The Balaban J connectivity index is 1.53. The molecule has 2 aromatic heterocycles. The first-order valence-corrected chi connectivity index (χ1v) is 10.3. The minimum atomic E-state index is 0.184. The van der Waals surface area contributed by atoms with Crippen molar-refractivity contribution < 1.29 is 4.79 Å². The molecule has 140 valence electrons. The Morgan fingerprint density at radius 2 is 2.07 bits per heavy atom. The van der Waals surface area contributed by atoms with Gasteiger partial charge >= 0.3 is 0 Å². The van der Waals surface area contributed by atoms with E-state index < -0.39 is 0 Å². The first kappa shape index (κ1) is 18.0. The quantitative estimate of drug-likeness (QED) is 0.511. The molecule has 1 aliphatic rings. The van der Waals surface area contributed by atoms with Crippen LogP contribution in [0, 0.1) is 12.8 Å². The van der Waals surface area contributed by atoms with Crippen LogP contribution in [-0.2, 0) is 4.79 Å². The van der Waals surface area contributed by atoms with Crippen LogP contribution in [-0.4, -0.2) is 49.4 Å². The number of nitrogens with zero attached hydrogens (tertiary/aromatic N) is 5. The van der Waals surface area contributed by atoms with Crippen LogP contribution in [0.15, 0.2) is 41.8 Å². The number of aromatic nitrogens is 4. The summed E-state index contributed by atoms with van der Waals surface area (Å²) in [5.74, 6) is 1.17. The van der Waals surface area contributed by atoms with Gasteiger partial charge < -0.3 is 4.90 Å². The molecule has 1 unspecified atom stereocenters. The van der Waals surface area contributed by atoms with Crippen molar-refractivity contribution in [2.45, 2.75) is 31.7 Å². The van der Waals surface area contributed by atoms with Crippen molar-refractivity contribution in [3.8, 4) is 5.69 Å². The number of thioether (sulfide) groups is 1. The predicted molar refractivity (Wildman–Crippen MR) is 107 cm³/mol. The van der Waals surface area contributed by atoms with E-state index in [2.05, 4.69) is 41.0 Å². The largest absolute Gasteiger partial charge is 0.342 e. The number of fused-ring (bicyclic) bond motifs is 1. The van der Waals surface area contributed by atoms with Gasteiger partial charge in [-0.2, -0.15) is 5.10 Å². The van der Waals surface area contributed by atoms with Crippen molar-refractivity contribution in [3.05, 3.63) is 42.4 Å². The van der Waals surface area contributed by atoms with E-state index in [0.717, 1.165) is 41.3 Å². The van der Waals surface area contributed by atoms with Gasteiger partial charge in [-0.15, -0.1) is 0 Å². The summed E-state index contributed by atoms with van der Waals surface area (Å²) in [5.41, 5.74) is 2.92. The number of aryl methyl sites for hydroxylation is 1. The Bertz CT molecular complexity index is 953. The lowest BCUT2D eigenvalue weighted by atomic mass is 10.0. The first-order chi connectivity index (χ1) is 13.1. The lowest BCUT2D eigenvalue weighted by Crippen LogP contribution is -2.40. The summed E-state index contributed by atoms with van der Waals surface area (Å²) >= 11 is 1.47. The molecule has 1 aromatic carbocycles. The average molecular weight is 382 g/mol. The van der Waals surface area contributed by atoms with Gasteiger partial charge in [-0.1, -0.05) is 36.4 Å². The number of carbonyl (C=O) groups is 1. The summed E-state index contributed by atoms with van der Waals surface area (Å²) in [7, 11) is 0. The number of likely N-dealkylation sites (tertiary alicyclic amines) is 1. The van der Waals surface area contributed by atoms with E-state index in [9.17, 15) is 4.79 Å². The van der Waals surface area contributed by atoms with Crippen LogP contribution >= 0.6 is 11.8 Å². The molecule has 1 saturated heterocycles. The van der Waals surface area contributed by atoms with Gasteiger partial charge in [0.2, 0.25) is 5.91 Å². The third-order valence-electron chi connectivity index (χ3n) is 4.95. The fourth-order valence-corrected chi connectivity index (χ4v) is 4.31. The van der Waals surface area contributed by atoms with Crippen molar-refractivity contribution in [2.24, 2.45) is 5.92 Å². The van der Waals surface area contributed by atoms with E-state index in [4.69, 9.17) is 0 Å². The molecule has 4 rings (SSSR count). The maximum absolute atomic E-state index is 12.6. The van der Waals surface area contributed by atoms with E-state index in [0.29, 0.717) is 11.7 Å². The first-order valence-electron chi connectivity index (χ1n) is 9.28. The number of hydrogen-bond acceptors (Lipinski definition) is 5. The van der Waals surface area contributed by atoms with Gasteiger partial charge in [0.25, 0.3) is 0 Å². The number of carbonyl (C=O) groups excluding carboxylic acids is 1. The molecule has 1 amide bonds. The SMILES string of the molecule is Cc1ccc(-n2ncc3c(SCC(=O)N4CCCC(C)C4)ncnc32)cc1. The molecule has 7 heteroatoms. The second kappa shape index (κ2) is 7.68. The smallest absolute Gasteiger partial charge is 0.232 e. The predicted octanol–water partition coefficient (Wildman–Crippen LogP) is 3.47. The second-order valence-corrected chi connectivity index (χ2v) is 8.15. The highest BCUT2D eigenvalue weighted by molar-refractivity contribution is 8.00. The van der Waals surface area contributed by atoms with Crippen LogP contribution < -0.4 is 0 Å². The molecule has 1 fully saturated rings. The number of rotatable bonds is 4. The molecule has 6 nitrogen and oxygen atoms in total. The number of amides is 1. The van der Waals surface area contributed by atoms with Crippen LogP contribution in [0.4, 0.5) is 0 Å². The molecule has 0 N–H and O–H groups in total. The molecule has 0 radical (unpaired) electrons. The van der Waals surface area contributed by atoms with Crippen molar-refractivity contribution in [1.29, 1.82) is 0 Å². The zero-order chi connectivity index (χ0) is 18.8. The van der Waals surface area contributed by atoms with Gasteiger partial charge in [-0.3, -0.25) is 4.79 Å². The zero-order valence-electron chi connectivity index (χ0n) is 15.6. The van der Waals surface area contributed by atoms with E-state index >= 15 is 0 Å². The average Bonchev–Trinajstić information content (AvgIpc) is 3.11. The molecule has 1 aliphatic heterocycles. The summed E-state index contributed by atoms with van der Waals surface area (Å²) in [6, 6.07) is 8.16. The zero-order valence-corrected chi connectivity index (χ0v) is 16.4. The number of benzene rings is 1. The van der Waals surface area contributed by atoms with E-state index in [-0.39, 0.29) is 5.91 Å². The molecule has 0 bridgehead atoms. The lowest BCUT2D eigenvalue weighted by Gasteiger charge is -2.30. The number of hydrogen-bond donors (Lipinski definition) is 0. The molecule has 3 aromatic rings. The molecule has 0 spiro atoms. The highest BCUT2D eigenvalue weighted by atomic mass is 32.2. The van der Waals surface area contributed by atoms with Gasteiger partial charge in [0.1, 0.15) is 11.4 Å². The van der Waals surface area contributed by atoms with Gasteiger partial charge in [0.05, 0.1) is 23.0 Å². The molecular weight excluding hydrogens is 358 g/mol. The Hall–Kier alpha value is -2.41. The Morgan fingerprint density at radius 3 is 2.85 bits per heavy atom. The fraction of sp³-hybridized carbons (Fsp3) is 0.400. The van der Waals surface area contributed by atoms with Crippen molar-refractivity contribution in [2.75, 3.05) is 18.8 Å². The summed E-state index contributed by atoms with van der Waals surface area (Å²) in [6.07, 6.45) is 5.63. The molecular formula is C20H23N5OS. The van der Waals surface area contributed by atoms with Crippen LogP contribution in [0.3, 0.4) is 0 Å². The topological polar surface area (TPSA) is 63.9 Å². The lowest BCUT2D eigenvalue weighted by molar-refractivity contribution is -0.130. The summed E-state index contributed by atoms with van der Waals surface area (Å²) in [4.78, 5) is 23.3. The van der Waals surface area contributed by atoms with Crippen LogP contribution in [0.2, 0.25) is 0 Å². The maximum Gasteiger partial charge on any atom is 0.232 e. The monoisotopic (exact) mass is 381 g/mol. The van der Waals surface area contributed by atoms with Crippen molar-refractivity contribution in [3.63, 3.8) is 0 Å². The van der Waals surface area contributed by atoms with Crippen LogP contribution in [0.1, 0.15) is 25.3 Å². The van der Waals surface area contributed by atoms with Crippen molar-refractivity contribution >= 4 is 28.7 Å². The standard InChI is InChI=1S/C20H23N5OS/c1-14-5-7-16(8-6-14)25-19-17(10-23-25)20(22-13-21-19)27-12-18(26)24-9-3-4-15(2)11-24/h5-8,10,13,15H,3-4,9,11-12H2,1-2H3. The van der Waals surface area contributed by atoms with Crippen LogP contribution in [0.5, 0.6) is 0 Å². The van der Waals surface area contributed by atoms with Gasteiger partial charge in [0, 0.05) is 13.1 Å². The third kappa shape index (κ3) is 3.83. The van der Waals surface area contributed by atoms with E-state index in [1.807, 2.05) is 21.7 Å². The summed E-state index contributed by atoms with van der Waals surface area (Å²) in [5, 5.41) is 6.17. The van der Waals surface area contributed by atoms with Crippen molar-refractivity contribution in [1.82, 2.24) is 24.6 Å². The minimum Gasteiger partial charge on any atom is -0.342 e. The summed E-state index contributed by atoms with van der Waals surface area (Å²) in [6.45, 7) is 6.00. The van der Waals surface area contributed by atoms with Crippen LogP contribution in [0.25, 0.3) is 16.7 Å². The van der Waals surface area contributed by atoms with Gasteiger partial charge in [-0.05, 0) is 37.8 Å². The molecule has 1 atom stereocenters. The maximum atomic E-state index is 12.6. The molecule has 0 saturated carbocycles. The summed E-state index contributed by atoms with van der Waals surface area (Å²) < 4.78 is 1.81. The Labute approximate surface area is 163 Å². The fourth-order valence-electron chi connectivity index (χ4n) is 3.45. The van der Waals surface area contributed by atoms with Gasteiger partial charge in [-0.25, -0.2) is 14.6 Å². The highest BCUT2D eigenvalue weighted by Gasteiger charge is 2.21. The second-order valence-electron chi connectivity index (χ2n) is 7.18. The molecule has 27 heavy (non-hydrogen) atoms. The normalized spacial score (nSPS) is 17.4. The molecule has 3 heterocycles. The molecule has 0 aliphatic carbocycles. The minimum absolute atomic E-state index is 0.184. The Morgan fingerprint density at radius 1 is 1.26 bits per heavy atom.